The molecule has 4 heteroatoms. The predicted octanol–water partition coefficient (Wildman–Crippen LogP) is 1.45. The summed E-state index contributed by atoms with van der Waals surface area (Å²) in [5, 5.41) is 0. The van der Waals surface area contributed by atoms with Crippen molar-refractivity contribution in [2.75, 3.05) is 0 Å². The summed E-state index contributed by atoms with van der Waals surface area (Å²) < 4.78 is 14.8. The Morgan fingerprint density at radius 1 is 1.20 bits per heavy atom. The third-order valence-electron chi connectivity index (χ3n) is 0.903. The van der Waals surface area contributed by atoms with E-state index in [1.54, 1.807) is 12.1 Å². The number of benzene rings is 1. The molecule has 0 bridgehead atoms. The summed E-state index contributed by atoms with van der Waals surface area (Å²) in [6.07, 6.45) is 0. The Balaban J connectivity index is 0.000000810. The fourth-order valence-corrected chi connectivity index (χ4v) is 1.02. The summed E-state index contributed by atoms with van der Waals surface area (Å²) in [5.41, 5.74) is 0. The van der Waals surface area contributed by atoms with Crippen LogP contribution in [0.25, 0.3) is 0 Å². The minimum absolute atomic E-state index is 0. The Kier molecular flexibility index (Phi) is 5.25. The Morgan fingerprint density at radius 3 is 2.30 bits per heavy atom. The number of rotatable bonds is 2. The second kappa shape index (κ2) is 5.44. The van der Waals surface area contributed by atoms with E-state index in [0.29, 0.717) is 5.75 Å². The van der Waals surface area contributed by atoms with Crippen molar-refractivity contribution in [3.63, 3.8) is 0 Å². The van der Waals surface area contributed by atoms with Crippen molar-refractivity contribution < 1.29 is 7.54 Å². The van der Waals surface area contributed by atoms with Crippen LogP contribution in [0, 0.1) is 0 Å². The normalized spacial score (nSPS) is 7.60. The van der Waals surface area contributed by atoms with E-state index in [1.165, 1.54) is 0 Å². The van der Waals surface area contributed by atoms with E-state index >= 15 is 0 Å². The third kappa shape index (κ3) is 2.98. The molecule has 10 heavy (non-hydrogen) atoms. The topological polar surface area (TPSA) is 26.3 Å². The molecule has 2 nitrogen and oxygen atoms in total. The molecule has 0 atom stereocenters. The van der Waals surface area contributed by atoms with Gasteiger partial charge in [-0.05, 0) is 0 Å². The van der Waals surface area contributed by atoms with Gasteiger partial charge >= 0.3 is 59.3 Å². The maximum atomic E-state index is 10.0. The van der Waals surface area contributed by atoms with Gasteiger partial charge in [-0.2, -0.15) is 0 Å². The summed E-state index contributed by atoms with van der Waals surface area (Å²) in [7, 11) is 0. The standard InChI is InChI=1S/C6H5GeO2.ClH/c8-7-9-6-4-2-1-3-5-6;/h1-5H;1H. The summed E-state index contributed by atoms with van der Waals surface area (Å²) in [5.74, 6) is 0.688. The van der Waals surface area contributed by atoms with E-state index < -0.39 is 15.7 Å². The van der Waals surface area contributed by atoms with Crippen molar-refractivity contribution in [3.05, 3.63) is 30.3 Å². The van der Waals surface area contributed by atoms with E-state index in [9.17, 15) is 3.78 Å². The van der Waals surface area contributed by atoms with Gasteiger partial charge in [0.25, 0.3) is 0 Å². The summed E-state index contributed by atoms with van der Waals surface area (Å²) in [4.78, 5) is 0. The van der Waals surface area contributed by atoms with Crippen LogP contribution in [0.3, 0.4) is 0 Å². The number of hydrogen-bond donors (Lipinski definition) is 0. The van der Waals surface area contributed by atoms with Crippen LogP contribution in [-0.2, 0) is 3.78 Å². The molecule has 0 spiro atoms. The van der Waals surface area contributed by atoms with Gasteiger partial charge in [0.1, 0.15) is 0 Å². The van der Waals surface area contributed by atoms with E-state index in [0.717, 1.165) is 0 Å². The Morgan fingerprint density at radius 2 is 1.80 bits per heavy atom. The Bertz CT molecular complexity index is 190. The van der Waals surface area contributed by atoms with Crippen molar-refractivity contribution in [3.8, 4) is 5.75 Å². The van der Waals surface area contributed by atoms with Gasteiger partial charge in [0.15, 0.2) is 0 Å². The molecule has 0 aliphatic rings. The monoisotopic (exact) mass is 219 g/mol. The molecule has 0 aliphatic carbocycles. The molecular weight excluding hydrogens is 212 g/mol. The molecule has 0 amide bonds. The van der Waals surface area contributed by atoms with Crippen LogP contribution in [0.2, 0.25) is 0 Å². The number of para-hydroxylation sites is 1. The molecule has 0 heterocycles. The summed E-state index contributed by atoms with van der Waals surface area (Å²) >= 11 is -1.43. The molecule has 0 N–H and O–H groups in total. The van der Waals surface area contributed by atoms with Crippen molar-refractivity contribution in [1.29, 1.82) is 0 Å². The molecule has 0 fully saturated rings. The quantitative estimate of drug-likeness (QED) is 0.702. The summed E-state index contributed by atoms with van der Waals surface area (Å²) in [6.45, 7) is 0. The zero-order valence-electron chi connectivity index (χ0n) is 5.11. The molecule has 0 aliphatic heterocycles. The fraction of sp³-hybridized carbons (Fsp3) is 0. The average molecular weight is 218 g/mol. The van der Waals surface area contributed by atoms with Gasteiger partial charge in [-0.25, -0.2) is 0 Å². The Labute approximate surface area is 72.0 Å². The van der Waals surface area contributed by atoms with Gasteiger partial charge in [0.2, 0.25) is 0 Å². The second-order valence-corrected chi connectivity index (χ2v) is 2.28. The maximum absolute atomic E-state index is 10.0. The van der Waals surface area contributed by atoms with E-state index in [1.807, 2.05) is 18.2 Å². The molecule has 1 aromatic rings. The molecule has 1 aromatic carbocycles. The third-order valence-corrected chi connectivity index (χ3v) is 1.57. The molecule has 0 saturated carbocycles. The second-order valence-electron chi connectivity index (χ2n) is 1.50. The van der Waals surface area contributed by atoms with Crippen LogP contribution in [0.5, 0.6) is 5.75 Å². The first-order valence-corrected chi connectivity index (χ1v) is 4.24. The van der Waals surface area contributed by atoms with Gasteiger partial charge in [-0.1, -0.05) is 0 Å². The first kappa shape index (κ1) is 9.65. The zero-order valence-corrected chi connectivity index (χ0v) is 8.03. The zero-order chi connectivity index (χ0) is 6.53. The molecule has 1 radical (unpaired) electrons. The summed E-state index contributed by atoms with van der Waals surface area (Å²) in [6, 6.07) is 9.13. The van der Waals surface area contributed by atoms with Gasteiger partial charge in [-0.3, -0.25) is 0 Å². The predicted molar refractivity (Wildman–Crippen MR) is 40.8 cm³/mol. The van der Waals surface area contributed by atoms with Crippen LogP contribution >= 0.6 is 12.4 Å². The van der Waals surface area contributed by atoms with Gasteiger partial charge in [0.05, 0.1) is 0 Å². The van der Waals surface area contributed by atoms with Crippen molar-refractivity contribution in [2.24, 2.45) is 0 Å². The van der Waals surface area contributed by atoms with Gasteiger partial charge < -0.3 is 0 Å². The fourth-order valence-electron chi connectivity index (χ4n) is 0.537. The van der Waals surface area contributed by atoms with Crippen LogP contribution in [0.1, 0.15) is 0 Å². The van der Waals surface area contributed by atoms with Crippen LogP contribution in [0.4, 0.5) is 0 Å². The minimum atomic E-state index is -1.43. The van der Waals surface area contributed by atoms with Crippen molar-refractivity contribution in [2.45, 2.75) is 0 Å². The molecule has 53 valence electrons. The number of halogens is 1. The Hall–Kier alpha value is -0.347. The average Bonchev–Trinajstić information content (AvgIpc) is 1.91. The van der Waals surface area contributed by atoms with Gasteiger partial charge in [-0.15, -0.1) is 12.4 Å². The molecule has 0 saturated heterocycles. The van der Waals surface area contributed by atoms with Crippen LogP contribution in [0.15, 0.2) is 30.3 Å². The van der Waals surface area contributed by atoms with E-state index in [4.69, 9.17) is 3.76 Å². The van der Waals surface area contributed by atoms with E-state index in [-0.39, 0.29) is 12.4 Å². The van der Waals surface area contributed by atoms with Crippen LogP contribution < -0.4 is 3.76 Å². The van der Waals surface area contributed by atoms with Crippen molar-refractivity contribution >= 4 is 28.1 Å². The molecule has 0 aromatic heterocycles. The molecule has 1 rings (SSSR count). The first-order chi connectivity index (χ1) is 4.43. The molecular formula is C6H6ClGeO2. The van der Waals surface area contributed by atoms with E-state index in [2.05, 4.69) is 0 Å². The SMILES string of the molecule is Cl.[O]=[Ge][O]c1ccccc1. The first-order valence-electron chi connectivity index (χ1n) is 2.52. The van der Waals surface area contributed by atoms with Crippen molar-refractivity contribution in [1.82, 2.24) is 0 Å². The van der Waals surface area contributed by atoms with Gasteiger partial charge in [0, 0.05) is 0 Å². The van der Waals surface area contributed by atoms with Crippen LogP contribution in [-0.4, -0.2) is 15.7 Å². The number of hydrogen-bond acceptors (Lipinski definition) is 2. The molecule has 0 unspecified atom stereocenters.